The van der Waals surface area contributed by atoms with Crippen LogP contribution in [-0.4, -0.2) is 53.7 Å². The second-order valence-corrected chi connectivity index (χ2v) is 4.45. The standard InChI is InChI=1S/C12H21N5O2/c1-16-11(4-6-14-16)3-2-5-13-12(18)17-8-10-19-9-7-15-17/h4,6,15H,2-3,5,7-10H2,1H3,(H,13,18). The van der Waals surface area contributed by atoms with Crippen LogP contribution >= 0.6 is 0 Å². The number of ether oxygens (including phenoxy) is 1. The van der Waals surface area contributed by atoms with E-state index >= 15 is 0 Å². The van der Waals surface area contributed by atoms with Crippen LogP contribution in [0.2, 0.25) is 0 Å². The summed E-state index contributed by atoms with van der Waals surface area (Å²) in [7, 11) is 1.93. The number of rotatable bonds is 4. The molecule has 7 heteroatoms. The highest BCUT2D eigenvalue weighted by molar-refractivity contribution is 5.73. The summed E-state index contributed by atoms with van der Waals surface area (Å²) in [6.45, 7) is 3.12. The molecule has 0 aromatic carbocycles. The highest BCUT2D eigenvalue weighted by atomic mass is 16.5. The van der Waals surface area contributed by atoms with Crippen molar-refractivity contribution in [2.45, 2.75) is 12.8 Å². The minimum atomic E-state index is -0.0875. The second-order valence-electron chi connectivity index (χ2n) is 4.45. The summed E-state index contributed by atoms with van der Waals surface area (Å²) in [5.41, 5.74) is 4.20. The predicted octanol–water partition coefficient (Wildman–Crippen LogP) is -0.101. The lowest BCUT2D eigenvalue weighted by Gasteiger charge is -2.20. The summed E-state index contributed by atoms with van der Waals surface area (Å²) in [5, 5.41) is 8.59. The van der Waals surface area contributed by atoms with Crippen LogP contribution in [0.15, 0.2) is 12.3 Å². The maximum Gasteiger partial charge on any atom is 0.331 e. The molecule has 1 aromatic rings. The first-order valence-corrected chi connectivity index (χ1v) is 6.61. The summed E-state index contributed by atoms with van der Waals surface area (Å²) in [6, 6.07) is 1.91. The largest absolute Gasteiger partial charge is 0.378 e. The van der Waals surface area contributed by atoms with Crippen molar-refractivity contribution >= 4 is 6.03 Å². The molecule has 0 unspecified atom stereocenters. The fourth-order valence-electron chi connectivity index (χ4n) is 1.97. The first-order valence-electron chi connectivity index (χ1n) is 6.61. The van der Waals surface area contributed by atoms with Crippen LogP contribution < -0.4 is 10.7 Å². The fourth-order valence-corrected chi connectivity index (χ4v) is 1.97. The van der Waals surface area contributed by atoms with Crippen molar-refractivity contribution in [1.82, 2.24) is 25.5 Å². The molecule has 1 aliphatic heterocycles. The quantitative estimate of drug-likeness (QED) is 0.747. The molecule has 0 atom stereocenters. The van der Waals surface area contributed by atoms with E-state index in [4.69, 9.17) is 4.74 Å². The van der Waals surface area contributed by atoms with E-state index in [1.807, 2.05) is 17.8 Å². The summed E-state index contributed by atoms with van der Waals surface area (Å²) in [4.78, 5) is 11.9. The Bertz CT molecular complexity index is 399. The molecule has 1 fully saturated rings. The van der Waals surface area contributed by atoms with Crippen molar-refractivity contribution in [3.63, 3.8) is 0 Å². The van der Waals surface area contributed by atoms with E-state index in [1.54, 1.807) is 11.2 Å². The third-order valence-electron chi connectivity index (χ3n) is 3.06. The Morgan fingerprint density at radius 2 is 2.47 bits per heavy atom. The van der Waals surface area contributed by atoms with E-state index < -0.39 is 0 Å². The van der Waals surface area contributed by atoms with Crippen molar-refractivity contribution in [2.75, 3.05) is 32.8 Å². The first kappa shape index (κ1) is 13.8. The molecule has 1 aromatic heterocycles. The smallest absolute Gasteiger partial charge is 0.331 e. The van der Waals surface area contributed by atoms with Gasteiger partial charge < -0.3 is 10.1 Å². The van der Waals surface area contributed by atoms with Crippen molar-refractivity contribution in [3.8, 4) is 0 Å². The van der Waals surface area contributed by atoms with Crippen LogP contribution in [0.4, 0.5) is 4.79 Å². The summed E-state index contributed by atoms with van der Waals surface area (Å²) >= 11 is 0. The van der Waals surface area contributed by atoms with Gasteiger partial charge in [-0.15, -0.1) is 0 Å². The number of nitrogens with one attached hydrogen (secondary N) is 2. The van der Waals surface area contributed by atoms with E-state index in [2.05, 4.69) is 15.8 Å². The van der Waals surface area contributed by atoms with E-state index in [1.165, 1.54) is 5.69 Å². The van der Waals surface area contributed by atoms with E-state index in [9.17, 15) is 4.79 Å². The van der Waals surface area contributed by atoms with Crippen LogP contribution in [-0.2, 0) is 18.2 Å². The number of carbonyl (C=O) groups is 1. The van der Waals surface area contributed by atoms with Crippen LogP contribution in [0.3, 0.4) is 0 Å². The zero-order valence-corrected chi connectivity index (χ0v) is 11.3. The van der Waals surface area contributed by atoms with Gasteiger partial charge in [-0.2, -0.15) is 5.10 Å². The maximum absolute atomic E-state index is 11.9. The molecule has 0 saturated carbocycles. The van der Waals surface area contributed by atoms with Gasteiger partial charge in [0.1, 0.15) is 0 Å². The number of hydrogen-bond donors (Lipinski definition) is 2. The van der Waals surface area contributed by atoms with E-state index in [0.717, 1.165) is 12.8 Å². The number of nitrogens with zero attached hydrogens (tertiary/aromatic N) is 3. The number of hydrazine groups is 1. The molecule has 2 rings (SSSR count). The first-order chi connectivity index (χ1) is 9.27. The lowest BCUT2D eigenvalue weighted by Crippen LogP contribution is -2.49. The molecule has 19 heavy (non-hydrogen) atoms. The van der Waals surface area contributed by atoms with Gasteiger partial charge in [0, 0.05) is 32.0 Å². The van der Waals surface area contributed by atoms with Gasteiger partial charge >= 0.3 is 6.03 Å². The third-order valence-corrected chi connectivity index (χ3v) is 3.06. The highest BCUT2D eigenvalue weighted by Gasteiger charge is 2.14. The molecule has 0 radical (unpaired) electrons. The summed E-state index contributed by atoms with van der Waals surface area (Å²) in [6.07, 6.45) is 3.60. The Balaban J connectivity index is 1.64. The van der Waals surface area contributed by atoms with E-state index in [-0.39, 0.29) is 6.03 Å². The monoisotopic (exact) mass is 267 g/mol. The minimum Gasteiger partial charge on any atom is -0.378 e. The second kappa shape index (κ2) is 7.10. The highest BCUT2D eigenvalue weighted by Crippen LogP contribution is 2.00. The van der Waals surface area contributed by atoms with Gasteiger partial charge in [0.05, 0.1) is 19.8 Å². The topological polar surface area (TPSA) is 71.4 Å². The van der Waals surface area contributed by atoms with Gasteiger partial charge in [0.25, 0.3) is 0 Å². The van der Waals surface area contributed by atoms with Gasteiger partial charge in [-0.25, -0.2) is 10.2 Å². The van der Waals surface area contributed by atoms with Gasteiger partial charge in [0.15, 0.2) is 0 Å². The van der Waals surface area contributed by atoms with Crippen molar-refractivity contribution < 1.29 is 9.53 Å². The molecule has 1 saturated heterocycles. The number of aromatic nitrogens is 2. The molecule has 0 spiro atoms. The normalized spacial score (nSPS) is 16.2. The molecule has 0 bridgehead atoms. The Hall–Kier alpha value is -1.60. The van der Waals surface area contributed by atoms with Crippen LogP contribution in [0.25, 0.3) is 0 Å². The summed E-state index contributed by atoms with van der Waals surface area (Å²) in [5.74, 6) is 0. The van der Waals surface area contributed by atoms with E-state index in [0.29, 0.717) is 32.8 Å². The molecule has 1 aliphatic rings. The minimum absolute atomic E-state index is 0.0875. The number of amides is 2. The number of aryl methyl sites for hydroxylation is 2. The Labute approximate surface area is 112 Å². The summed E-state index contributed by atoms with van der Waals surface area (Å²) < 4.78 is 7.13. The Kier molecular flexibility index (Phi) is 5.17. The molecule has 7 nitrogen and oxygen atoms in total. The number of carbonyl (C=O) groups excluding carboxylic acids is 1. The lowest BCUT2D eigenvalue weighted by atomic mass is 10.2. The van der Waals surface area contributed by atoms with Crippen molar-refractivity contribution in [2.24, 2.45) is 7.05 Å². The zero-order chi connectivity index (χ0) is 13.5. The molecule has 2 heterocycles. The van der Waals surface area contributed by atoms with Crippen molar-refractivity contribution in [3.05, 3.63) is 18.0 Å². The Morgan fingerprint density at radius 1 is 1.58 bits per heavy atom. The van der Waals surface area contributed by atoms with Crippen LogP contribution in [0.5, 0.6) is 0 Å². The zero-order valence-electron chi connectivity index (χ0n) is 11.3. The van der Waals surface area contributed by atoms with Crippen molar-refractivity contribution in [1.29, 1.82) is 0 Å². The van der Waals surface area contributed by atoms with Gasteiger partial charge in [-0.1, -0.05) is 0 Å². The molecular formula is C12H21N5O2. The molecule has 2 amide bonds. The lowest BCUT2D eigenvalue weighted by molar-refractivity contribution is 0.143. The van der Waals surface area contributed by atoms with Gasteiger partial charge in [-0.3, -0.25) is 9.69 Å². The predicted molar refractivity (Wildman–Crippen MR) is 70.5 cm³/mol. The maximum atomic E-state index is 11.9. The third kappa shape index (κ3) is 4.22. The Morgan fingerprint density at radius 3 is 3.26 bits per heavy atom. The molecule has 2 N–H and O–H groups in total. The van der Waals surface area contributed by atoms with Gasteiger partial charge in [-0.05, 0) is 18.9 Å². The van der Waals surface area contributed by atoms with Crippen LogP contribution in [0, 0.1) is 0 Å². The van der Waals surface area contributed by atoms with Crippen LogP contribution in [0.1, 0.15) is 12.1 Å². The fraction of sp³-hybridized carbons (Fsp3) is 0.667. The average molecular weight is 267 g/mol. The van der Waals surface area contributed by atoms with Gasteiger partial charge in [0.2, 0.25) is 0 Å². The molecule has 106 valence electrons. The SMILES string of the molecule is Cn1nccc1CCCNC(=O)N1CCOCCN1. The molecule has 0 aliphatic carbocycles. The molecular weight excluding hydrogens is 246 g/mol. The average Bonchev–Trinajstić information content (AvgIpc) is 2.68. The number of hydrogen-bond acceptors (Lipinski definition) is 4. The number of urea groups is 1.